The number of hydrogen-bond acceptors (Lipinski definition) is 7. The van der Waals surface area contributed by atoms with Crippen LogP contribution in [0.5, 0.6) is 0 Å². The summed E-state index contributed by atoms with van der Waals surface area (Å²) in [4.78, 5) is 20.3. The molecule has 0 fully saturated rings. The van der Waals surface area contributed by atoms with E-state index in [-0.39, 0.29) is 4.90 Å². The molecule has 1 atom stereocenters. The van der Waals surface area contributed by atoms with E-state index >= 15 is 0 Å². The number of carbonyl (C=O) groups is 1. The Labute approximate surface area is 168 Å². The lowest BCUT2D eigenvalue weighted by molar-refractivity contribution is -0.121. The number of primary amides is 1. The van der Waals surface area contributed by atoms with Crippen molar-refractivity contribution in [3.05, 3.63) is 48.4 Å². The summed E-state index contributed by atoms with van der Waals surface area (Å²) in [5, 5.41) is 12.3. The molecule has 1 unspecified atom stereocenters. The maximum Gasteiger partial charge on any atom is 0.242 e. The number of anilines is 2. The minimum Gasteiger partial charge on any atom is -0.368 e. The molecule has 0 bridgehead atoms. The van der Waals surface area contributed by atoms with Crippen molar-refractivity contribution in [2.75, 3.05) is 5.32 Å². The molecule has 0 aliphatic heterocycles. The summed E-state index contributed by atoms with van der Waals surface area (Å²) in [6.07, 6.45) is 5.38. The van der Waals surface area contributed by atoms with Crippen LogP contribution >= 0.6 is 0 Å². The van der Waals surface area contributed by atoms with E-state index < -0.39 is 22.0 Å². The number of aryl methyl sites for hydroxylation is 1. The van der Waals surface area contributed by atoms with E-state index in [4.69, 9.17) is 10.9 Å². The smallest absolute Gasteiger partial charge is 0.242 e. The zero-order valence-corrected chi connectivity index (χ0v) is 16.7. The molecule has 1 amide bonds. The Morgan fingerprint density at radius 1 is 1.24 bits per heavy atom. The van der Waals surface area contributed by atoms with Gasteiger partial charge in [0.05, 0.1) is 22.5 Å². The number of sulfonamides is 1. The first kappa shape index (κ1) is 20.4. The summed E-state index contributed by atoms with van der Waals surface area (Å²) < 4.78 is 24.3. The summed E-state index contributed by atoms with van der Waals surface area (Å²) in [6.45, 7) is 3.70. The molecule has 29 heavy (non-hydrogen) atoms. The van der Waals surface area contributed by atoms with Crippen molar-refractivity contribution >= 4 is 27.6 Å². The number of primary sulfonamides is 1. The van der Waals surface area contributed by atoms with Crippen LogP contribution in [0.4, 0.5) is 11.6 Å². The Hall–Kier alpha value is -3.31. The van der Waals surface area contributed by atoms with E-state index in [0.29, 0.717) is 23.8 Å². The standard InChI is InChI=1S/C18H21N7O3S/c1-3-15(17(19)26)25-10-13(9-22-25)23-18-21-8-11(2)16(24-18)12-4-6-14(7-5-12)29(20,27)28/h4-10,15H,3H2,1-2H3,(H2,19,26)(H2,20,27,28)(H,21,23,24). The topological polar surface area (TPSA) is 159 Å². The molecule has 2 aromatic heterocycles. The third-order valence-corrected chi connectivity index (χ3v) is 5.25. The van der Waals surface area contributed by atoms with Crippen molar-refractivity contribution in [3.8, 4) is 11.3 Å². The molecule has 152 valence electrons. The maximum absolute atomic E-state index is 11.5. The van der Waals surface area contributed by atoms with Gasteiger partial charge in [0.15, 0.2) is 0 Å². The number of rotatable bonds is 7. The highest BCUT2D eigenvalue weighted by atomic mass is 32.2. The lowest BCUT2D eigenvalue weighted by Crippen LogP contribution is -2.26. The van der Waals surface area contributed by atoms with Crippen molar-refractivity contribution in [2.45, 2.75) is 31.2 Å². The Bertz CT molecular complexity index is 1140. The minimum absolute atomic E-state index is 0.0265. The molecule has 1 aromatic carbocycles. The highest BCUT2D eigenvalue weighted by Crippen LogP contribution is 2.24. The van der Waals surface area contributed by atoms with Crippen LogP contribution < -0.4 is 16.2 Å². The normalized spacial score (nSPS) is 12.5. The number of nitrogens with two attached hydrogens (primary N) is 2. The van der Waals surface area contributed by atoms with Gasteiger partial charge < -0.3 is 11.1 Å². The van der Waals surface area contributed by atoms with Gasteiger partial charge in [0.2, 0.25) is 21.9 Å². The Morgan fingerprint density at radius 3 is 2.52 bits per heavy atom. The van der Waals surface area contributed by atoms with E-state index in [2.05, 4.69) is 20.4 Å². The quantitative estimate of drug-likeness (QED) is 0.527. The second-order valence-corrected chi connectivity index (χ2v) is 8.02. The van der Waals surface area contributed by atoms with Gasteiger partial charge in [0.1, 0.15) is 6.04 Å². The van der Waals surface area contributed by atoms with Gasteiger partial charge in [-0.3, -0.25) is 9.48 Å². The molecule has 0 aliphatic rings. The molecule has 0 saturated carbocycles. The lowest BCUT2D eigenvalue weighted by atomic mass is 10.1. The van der Waals surface area contributed by atoms with E-state index in [0.717, 1.165) is 11.1 Å². The van der Waals surface area contributed by atoms with Crippen LogP contribution in [-0.2, 0) is 14.8 Å². The molecule has 3 aromatic rings. The largest absolute Gasteiger partial charge is 0.368 e. The summed E-state index contributed by atoms with van der Waals surface area (Å²) in [7, 11) is -3.76. The maximum atomic E-state index is 11.5. The predicted octanol–water partition coefficient (Wildman–Crippen LogP) is 1.48. The number of amides is 1. The highest BCUT2D eigenvalue weighted by molar-refractivity contribution is 7.89. The van der Waals surface area contributed by atoms with E-state index in [1.807, 2.05) is 13.8 Å². The monoisotopic (exact) mass is 415 g/mol. The summed E-state index contributed by atoms with van der Waals surface area (Å²) in [5.74, 6) is -0.133. The average Bonchev–Trinajstić information content (AvgIpc) is 3.11. The van der Waals surface area contributed by atoms with E-state index in [9.17, 15) is 13.2 Å². The Morgan fingerprint density at radius 2 is 1.93 bits per heavy atom. The molecule has 5 N–H and O–H groups in total. The van der Waals surface area contributed by atoms with E-state index in [1.165, 1.54) is 16.8 Å². The third kappa shape index (κ3) is 4.58. The second kappa shape index (κ2) is 7.97. The Balaban J connectivity index is 1.86. The van der Waals surface area contributed by atoms with Crippen molar-refractivity contribution in [2.24, 2.45) is 10.9 Å². The van der Waals surface area contributed by atoms with Crippen molar-refractivity contribution < 1.29 is 13.2 Å². The molecule has 11 heteroatoms. The number of nitrogens with zero attached hydrogens (tertiary/aromatic N) is 4. The summed E-state index contributed by atoms with van der Waals surface area (Å²) in [6, 6.07) is 5.60. The number of benzene rings is 1. The van der Waals surface area contributed by atoms with Gasteiger partial charge in [-0.15, -0.1) is 0 Å². The van der Waals surface area contributed by atoms with Crippen LogP contribution in [0.25, 0.3) is 11.3 Å². The molecule has 10 nitrogen and oxygen atoms in total. The van der Waals surface area contributed by atoms with Gasteiger partial charge in [0, 0.05) is 18.0 Å². The number of carbonyl (C=O) groups excluding carboxylic acids is 1. The van der Waals surface area contributed by atoms with Crippen molar-refractivity contribution in [1.82, 2.24) is 19.7 Å². The first-order valence-corrected chi connectivity index (χ1v) is 10.3. The fourth-order valence-electron chi connectivity index (χ4n) is 2.82. The number of hydrogen-bond donors (Lipinski definition) is 3. The van der Waals surface area contributed by atoms with Gasteiger partial charge in [-0.1, -0.05) is 19.1 Å². The summed E-state index contributed by atoms with van der Waals surface area (Å²) >= 11 is 0. The molecule has 0 spiro atoms. The fraction of sp³-hybridized carbons (Fsp3) is 0.222. The molecule has 2 heterocycles. The van der Waals surface area contributed by atoms with Crippen LogP contribution in [0.2, 0.25) is 0 Å². The molecule has 0 saturated heterocycles. The van der Waals surface area contributed by atoms with E-state index in [1.54, 1.807) is 30.7 Å². The zero-order chi connectivity index (χ0) is 21.2. The van der Waals surface area contributed by atoms with Crippen LogP contribution in [0.1, 0.15) is 24.9 Å². The SMILES string of the molecule is CCC(C(N)=O)n1cc(Nc2ncc(C)c(-c3ccc(S(N)(=O)=O)cc3)n2)cn1. The zero-order valence-electron chi connectivity index (χ0n) is 15.9. The number of nitrogens with one attached hydrogen (secondary N) is 1. The first-order valence-electron chi connectivity index (χ1n) is 8.76. The first-order chi connectivity index (χ1) is 13.7. The Kier molecular flexibility index (Phi) is 5.62. The van der Waals surface area contributed by atoms with Crippen LogP contribution in [-0.4, -0.2) is 34.1 Å². The van der Waals surface area contributed by atoms with Crippen LogP contribution in [0.3, 0.4) is 0 Å². The third-order valence-electron chi connectivity index (χ3n) is 4.32. The fourth-order valence-corrected chi connectivity index (χ4v) is 3.33. The van der Waals surface area contributed by atoms with Crippen molar-refractivity contribution in [3.63, 3.8) is 0 Å². The van der Waals surface area contributed by atoms with Gasteiger partial charge in [-0.2, -0.15) is 5.10 Å². The molecule has 0 aliphatic carbocycles. The van der Waals surface area contributed by atoms with Crippen LogP contribution in [0.15, 0.2) is 47.8 Å². The average molecular weight is 415 g/mol. The highest BCUT2D eigenvalue weighted by Gasteiger charge is 2.16. The lowest BCUT2D eigenvalue weighted by Gasteiger charge is -2.11. The molecule has 0 radical (unpaired) electrons. The van der Waals surface area contributed by atoms with Gasteiger partial charge in [0.25, 0.3) is 0 Å². The molecular formula is C18H21N7O3S. The predicted molar refractivity (Wildman–Crippen MR) is 108 cm³/mol. The van der Waals surface area contributed by atoms with Gasteiger partial charge >= 0.3 is 0 Å². The van der Waals surface area contributed by atoms with Crippen molar-refractivity contribution in [1.29, 1.82) is 0 Å². The number of aromatic nitrogens is 4. The second-order valence-electron chi connectivity index (χ2n) is 6.46. The molecule has 3 rings (SSSR count). The van der Waals surface area contributed by atoms with Crippen LogP contribution in [0, 0.1) is 6.92 Å². The summed E-state index contributed by atoms with van der Waals surface area (Å²) in [5.41, 5.74) is 8.16. The minimum atomic E-state index is -3.76. The molecular weight excluding hydrogens is 394 g/mol. The van der Waals surface area contributed by atoms with Gasteiger partial charge in [-0.05, 0) is 31.0 Å². The van der Waals surface area contributed by atoms with Gasteiger partial charge in [-0.25, -0.2) is 23.5 Å².